The minimum absolute atomic E-state index is 0.373. The monoisotopic (exact) mass is 260 g/mol. The summed E-state index contributed by atoms with van der Waals surface area (Å²) in [5.74, 6) is -0.373. The summed E-state index contributed by atoms with van der Waals surface area (Å²) in [6.45, 7) is 1.37. The van der Waals surface area contributed by atoms with Crippen molar-refractivity contribution in [3.05, 3.63) is 47.5 Å². The van der Waals surface area contributed by atoms with Crippen molar-refractivity contribution in [3.8, 4) is 0 Å². The number of carbonyl (C=O) groups is 1. The normalized spacial score (nSPS) is 10.4. The Hall–Kier alpha value is -2.21. The predicted molar refractivity (Wildman–Crippen MR) is 69.3 cm³/mol. The van der Waals surface area contributed by atoms with Crippen molar-refractivity contribution in [2.24, 2.45) is 7.05 Å². The van der Waals surface area contributed by atoms with E-state index < -0.39 is 0 Å². The van der Waals surface area contributed by atoms with Crippen molar-refractivity contribution in [2.45, 2.75) is 13.1 Å². The molecule has 0 aliphatic heterocycles. The lowest BCUT2D eigenvalue weighted by Gasteiger charge is -2.03. The van der Waals surface area contributed by atoms with Crippen LogP contribution in [0.1, 0.15) is 21.6 Å². The molecule has 0 unspecified atom stereocenters. The number of aryl methyl sites for hydroxylation is 1. The van der Waals surface area contributed by atoms with Crippen molar-refractivity contribution in [1.29, 1.82) is 0 Å². The molecule has 2 rings (SSSR count). The average Bonchev–Trinajstić information content (AvgIpc) is 2.84. The Morgan fingerprint density at radius 1 is 1.37 bits per heavy atom. The molecular weight excluding hydrogens is 244 g/mol. The maximum atomic E-state index is 11.2. The number of aromatic nitrogens is 3. The van der Waals surface area contributed by atoms with Gasteiger partial charge in [-0.1, -0.05) is 0 Å². The largest absolute Gasteiger partial charge is 0.465 e. The van der Waals surface area contributed by atoms with Gasteiger partial charge in [-0.05, 0) is 12.1 Å². The quantitative estimate of drug-likeness (QED) is 0.809. The van der Waals surface area contributed by atoms with E-state index >= 15 is 0 Å². The summed E-state index contributed by atoms with van der Waals surface area (Å²) < 4.78 is 6.38. The highest BCUT2D eigenvalue weighted by molar-refractivity contribution is 5.88. The third-order valence-corrected chi connectivity index (χ3v) is 2.64. The first-order valence-corrected chi connectivity index (χ1v) is 5.90. The van der Waals surface area contributed by atoms with Gasteiger partial charge in [-0.25, -0.2) is 4.79 Å². The molecule has 100 valence electrons. The fraction of sp³-hybridized carbons (Fsp3) is 0.308. The lowest BCUT2D eigenvalue weighted by Crippen LogP contribution is -2.13. The molecule has 0 amide bonds. The lowest BCUT2D eigenvalue weighted by molar-refractivity contribution is 0.0600. The molecule has 0 radical (unpaired) electrons. The van der Waals surface area contributed by atoms with Crippen molar-refractivity contribution in [3.63, 3.8) is 0 Å². The molecule has 0 aromatic carbocycles. The Bertz CT molecular complexity index is 548. The van der Waals surface area contributed by atoms with Crippen LogP contribution < -0.4 is 5.32 Å². The summed E-state index contributed by atoms with van der Waals surface area (Å²) in [4.78, 5) is 15.4. The van der Waals surface area contributed by atoms with E-state index in [0.717, 1.165) is 17.8 Å². The molecule has 0 saturated heterocycles. The summed E-state index contributed by atoms with van der Waals surface area (Å²) in [5.41, 5.74) is 2.45. The molecule has 2 heterocycles. The molecule has 19 heavy (non-hydrogen) atoms. The zero-order valence-electron chi connectivity index (χ0n) is 11.0. The van der Waals surface area contributed by atoms with Gasteiger partial charge in [0.15, 0.2) is 0 Å². The third-order valence-electron chi connectivity index (χ3n) is 2.64. The van der Waals surface area contributed by atoms with Gasteiger partial charge in [-0.3, -0.25) is 9.67 Å². The molecule has 0 spiro atoms. The third kappa shape index (κ3) is 3.62. The first-order chi connectivity index (χ1) is 9.19. The highest BCUT2D eigenvalue weighted by Gasteiger charge is 2.05. The Morgan fingerprint density at radius 2 is 2.21 bits per heavy atom. The van der Waals surface area contributed by atoms with Gasteiger partial charge in [0.05, 0.1) is 24.6 Å². The number of methoxy groups -OCH3 is 1. The van der Waals surface area contributed by atoms with E-state index in [1.54, 1.807) is 10.7 Å². The molecule has 6 nitrogen and oxygen atoms in total. The standard InChI is InChI=1S/C13H16N4O2/c1-17-9-10(6-16-17)5-14-8-12-4-3-11(7-15-12)13(18)19-2/h3-4,6-7,9,14H,5,8H2,1-2H3. The smallest absolute Gasteiger partial charge is 0.339 e. The van der Waals surface area contributed by atoms with E-state index in [1.807, 2.05) is 25.5 Å². The van der Waals surface area contributed by atoms with Gasteiger partial charge in [-0.15, -0.1) is 0 Å². The maximum Gasteiger partial charge on any atom is 0.339 e. The lowest BCUT2D eigenvalue weighted by atomic mass is 10.2. The van der Waals surface area contributed by atoms with Crippen molar-refractivity contribution >= 4 is 5.97 Å². The topological polar surface area (TPSA) is 69.0 Å². The van der Waals surface area contributed by atoms with Crippen LogP contribution in [0.25, 0.3) is 0 Å². The number of nitrogens with zero attached hydrogens (tertiary/aromatic N) is 3. The molecule has 0 atom stereocenters. The van der Waals surface area contributed by atoms with Crippen molar-refractivity contribution < 1.29 is 9.53 Å². The second-order valence-electron chi connectivity index (χ2n) is 4.16. The highest BCUT2D eigenvalue weighted by atomic mass is 16.5. The number of hydrogen-bond acceptors (Lipinski definition) is 5. The van der Waals surface area contributed by atoms with Crippen LogP contribution in [0.15, 0.2) is 30.7 Å². The summed E-state index contributed by atoms with van der Waals surface area (Å²) in [6.07, 6.45) is 5.30. The van der Waals surface area contributed by atoms with Crippen LogP contribution in [0, 0.1) is 0 Å². The molecule has 0 aliphatic rings. The van der Waals surface area contributed by atoms with Crippen LogP contribution in [0.2, 0.25) is 0 Å². The minimum atomic E-state index is -0.373. The van der Waals surface area contributed by atoms with Crippen molar-refractivity contribution in [1.82, 2.24) is 20.1 Å². The zero-order chi connectivity index (χ0) is 13.7. The number of ether oxygens (including phenoxy) is 1. The second-order valence-corrected chi connectivity index (χ2v) is 4.16. The van der Waals surface area contributed by atoms with E-state index in [2.05, 4.69) is 20.1 Å². The minimum Gasteiger partial charge on any atom is -0.465 e. The number of hydrogen-bond donors (Lipinski definition) is 1. The van der Waals surface area contributed by atoms with E-state index in [0.29, 0.717) is 12.1 Å². The van der Waals surface area contributed by atoms with E-state index in [4.69, 9.17) is 0 Å². The van der Waals surface area contributed by atoms with E-state index in [-0.39, 0.29) is 5.97 Å². The van der Waals surface area contributed by atoms with Crippen LogP contribution in [-0.2, 0) is 24.9 Å². The van der Waals surface area contributed by atoms with Crippen LogP contribution in [0.5, 0.6) is 0 Å². The number of pyridine rings is 1. The molecule has 6 heteroatoms. The van der Waals surface area contributed by atoms with Gasteiger partial charge in [0.2, 0.25) is 0 Å². The number of rotatable bonds is 5. The van der Waals surface area contributed by atoms with Gasteiger partial charge < -0.3 is 10.1 Å². The molecule has 1 N–H and O–H groups in total. The van der Waals surface area contributed by atoms with Gasteiger partial charge >= 0.3 is 5.97 Å². The summed E-state index contributed by atoms with van der Waals surface area (Å²) >= 11 is 0. The zero-order valence-corrected chi connectivity index (χ0v) is 11.0. The van der Waals surface area contributed by atoms with Crippen LogP contribution >= 0.6 is 0 Å². The Balaban J connectivity index is 1.84. The molecule has 0 bridgehead atoms. The van der Waals surface area contributed by atoms with E-state index in [1.165, 1.54) is 13.3 Å². The molecule has 0 saturated carbocycles. The first kappa shape index (κ1) is 13.2. The molecular formula is C13H16N4O2. The fourth-order valence-electron chi connectivity index (χ4n) is 1.67. The SMILES string of the molecule is COC(=O)c1ccc(CNCc2cnn(C)c2)nc1. The Kier molecular flexibility index (Phi) is 4.25. The van der Waals surface area contributed by atoms with Crippen LogP contribution in [-0.4, -0.2) is 27.8 Å². The highest BCUT2D eigenvalue weighted by Crippen LogP contribution is 2.02. The molecule has 2 aromatic heterocycles. The average molecular weight is 260 g/mol. The van der Waals surface area contributed by atoms with Gasteiger partial charge in [0.1, 0.15) is 0 Å². The van der Waals surface area contributed by atoms with Crippen molar-refractivity contribution in [2.75, 3.05) is 7.11 Å². The van der Waals surface area contributed by atoms with Crippen LogP contribution in [0.4, 0.5) is 0 Å². The summed E-state index contributed by atoms with van der Waals surface area (Å²) in [5, 5.41) is 7.35. The predicted octanol–water partition coefficient (Wildman–Crippen LogP) is 0.891. The second kappa shape index (κ2) is 6.10. The van der Waals surface area contributed by atoms with Gasteiger partial charge in [0, 0.05) is 38.1 Å². The number of carbonyl (C=O) groups excluding carboxylic acids is 1. The fourth-order valence-corrected chi connectivity index (χ4v) is 1.67. The van der Waals surface area contributed by atoms with E-state index in [9.17, 15) is 4.79 Å². The van der Waals surface area contributed by atoms with Gasteiger partial charge in [0.25, 0.3) is 0 Å². The summed E-state index contributed by atoms with van der Waals surface area (Å²) in [7, 11) is 3.24. The Morgan fingerprint density at radius 3 is 2.79 bits per heavy atom. The molecule has 0 fully saturated rings. The summed E-state index contributed by atoms with van der Waals surface area (Å²) in [6, 6.07) is 3.52. The Labute approximate surface area is 111 Å². The number of nitrogens with one attached hydrogen (secondary N) is 1. The van der Waals surface area contributed by atoms with Gasteiger partial charge in [-0.2, -0.15) is 5.10 Å². The number of esters is 1. The maximum absolute atomic E-state index is 11.2. The molecule has 2 aromatic rings. The van der Waals surface area contributed by atoms with Crippen LogP contribution in [0.3, 0.4) is 0 Å². The molecule has 0 aliphatic carbocycles. The first-order valence-electron chi connectivity index (χ1n) is 5.90.